The molecule has 0 spiro atoms. The Hall–Kier alpha value is -3.08. The molecule has 0 radical (unpaired) electrons. The van der Waals surface area contributed by atoms with Gasteiger partial charge >= 0.3 is 5.97 Å². The minimum Gasteiger partial charge on any atom is -0.477 e. The highest BCUT2D eigenvalue weighted by Crippen LogP contribution is 2.37. The van der Waals surface area contributed by atoms with E-state index in [4.69, 9.17) is 37.9 Å². The van der Waals surface area contributed by atoms with Gasteiger partial charge in [-0.1, -0.05) is 0 Å². The topological polar surface area (TPSA) is 522 Å². The third kappa shape index (κ3) is 14.2. The number of aliphatic hydroxyl groups excluding tert-OH is 16. The zero-order chi connectivity index (χ0) is 53.4. The van der Waals surface area contributed by atoms with Crippen molar-refractivity contribution < 1.29 is 144 Å². The predicted octanol–water partition coefficient (Wildman–Crippen LogP) is -12.7. The number of nitrogens with one attached hydrogen (secondary N) is 3. The highest BCUT2D eigenvalue weighted by molar-refractivity contribution is 5.77. The SMILES string of the molecule is CC(=O)N[C@H]1[C@H](O[C@H]2[C@@H](O)[C@@H](CO)O[C@@H](O[C@@H]([C@H](O)[C@@H](O)CO)[C@H](O)CO)[C@@H]2O)O[C@H](CO[C@]2(C(=O)O)C[C@H](O)[C@@H](NC(C)=O)[C@H]([C@H](O)[C@H](O)CO)O2)[C@@H](O[C@@H]2O[C@H](CO)[C@H](O)[C@H](O)[C@H]2NC(C)=O)[C@@H]1O. The Kier molecular flexibility index (Phi) is 22.5. The molecule has 4 saturated heterocycles. The van der Waals surface area contributed by atoms with E-state index in [1.807, 2.05) is 0 Å². The lowest BCUT2D eigenvalue weighted by molar-refractivity contribution is -0.375. The van der Waals surface area contributed by atoms with Crippen molar-refractivity contribution >= 4 is 23.7 Å². The number of hydrogen-bond donors (Lipinski definition) is 20. The van der Waals surface area contributed by atoms with Gasteiger partial charge in [-0.15, -0.1) is 0 Å². The van der Waals surface area contributed by atoms with Gasteiger partial charge in [-0.2, -0.15) is 0 Å². The Morgan fingerprint density at radius 2 is 1.07 bits per heavy atom. The number of carbonyl (C=O) groups is 4. The molecule has 32 nitrogen and oxygen atoms in total. The maximum Gasteiger partial charge on any atom is 0.364 e. The minimum atomic E-state index is -3.11. The van der Waals surface area contributed by atoms with Crippen molar-refractivity contribution in [1.29, 1.82) is 0 Å². The number of carbonyl (C=O) groups excluding carboxylic acids is 3. The van der Waals surface area contributed by atoms with Crippen LogP contribution in [0.15, 0.2) is 0 Å². The van der Waals surface area contributed by atoms with Crippen LogP contribution in [0.2, 0.25) is 0 Å². The van der Waals surface area contributed by atoms with Crippen molar-refractivity contribution in [2.24, 2.45) is 0 Å². The van der Waals surface area contributed by atoms with E-state index in [0.29, 0.717) is 0 Å². The third-order valence-electron chi connectivity index (χ3n) is 12.1. The maximum absolute atomic E-state index is 13.1. The summed E-state index contributed by atoms with van der Waals surface area (Å²) < 4.78 is 46.2. The van der Waals surface area contributed by atoms with E-state index in [0.717, 1.165) is 20.8 Å². The van der Waals surface area contributed by atoms with Crippen LogP contribution in [-0.4, -0.2) is 303 Å². The average Bonchev–Trinajstić information content (AvgIpc) is 3.32. The van der Waals surface area contributed by atoms with Gasteiger partial charge in [0.15, 0.2) is 18.9 Å². The van der Waals surface area contributed by atoms with E-state index in [1.165, 1.54) is 0 Å². The summed E-state index contributed by atoms with van der Waals surface area (Å²) in [6.45, 7) is -3.74. The summed E-state index contributed by atoms with van der Waals surface area (Å²) in [6, 6.07) is -5.34. The summed E-state index contributed by atoms with van der Waals surface area (Å²) in [5, 5.41) is 187. The lowest BCUT2D eigenvalue weighted by atomic mass is 9.88. The first kappa shape index (κ1) is 60.5. The molecule has 4 rings (SSSR count). The number of amides is 3. The van der Waals surface area contributed by atoms with Gasteiger partial charge in [0.25, 0.3) is 5.79 Å². The largest absolute Gasteiger partial charge is 0.477 e. The summed E-state index contributed by atoms with van der Waals surface area (Å²) in [5.41, 5.74) is 0. The number of carboxylic acid groups (broad SMARTS) is 1. The van der Waals surface area contributed by atoms with E-state index in [-0.39, 0.29) is 0 Å². The van der Waals surface area contributed by atoms with Crippen LogP contribution in [0.3, 0.4) is 0 Å². The quantitative estimate of drug-likeness (QED) is 0.0452. The second-order valence-electron chi connectivity index (χ2n) is 17.4. The van der Waals surface area contributed by atoms with Crippen LogP contribution in [0, 0.1) is 0 Å². The Morgan fingerprint density at radius 3 is 1.58 bits per heavy atom. The number of aliphatic carboxylic acids is 1. The molecular weight excluding hydrogens is 974 g/mol. The van der Waals surface area contributed by atoms with Crippen LogP contribution in [0.25, 0.3) is 0 Å². The monoisotopic (exact) mass is 1040 g/mol. The van der Waals surface area contributed by atoms with Gasteiger partial charge in [0, 0.05) is 27.2 Å². The van der Waals surface area contributed by atoms with Gasteiger partial charge in [-0.3, -0.25) is 14.4 Å². The van der Waals surface area contributed by atoms with Crippen molar-refractivity contribution in [3.05, 3.63) is 0 Å². The Balaban J connectivity index is 1.83. The zero-order valence-corrected chi connectivity index (χ0v) is 38.3. The molecule has 4 fully saturated rings. The van der Waals surface area contributed by atoms with Crippen LogP contribution in [0.5, 0.6) is 0 Å². The van der Waals surface area contributed by atoms with Crippen molar-refractivity contribution in [3.8, 4) is 0 Å². The molecule has 0 aromatic rings. The molecule has 0 bridgehead atoms. The zero-order valence-electron chi connectivity index (χ0n) is 38.3. The lowest BCUT2D eigenvalue weighted by Crippen LogP contribution is -2.71. The highest BCUT2D eigenvalue weighted by atomic mass is 16.8. The predicted molar refractivity (Wildman–Crippen MR) is 221 cm³/mol. The van der Waals surface area contributed by atoms with Gasteiger partial charge in [0.05, 0.1) is 51.8 Å². The molecule has 0 unspecified atom stereocenters. The molecule has 0 aromatic carbocycles. The van der Waals surface area contributed by atoms with E-state index < -0.39 is 222 Å². The third-order valence-corrected chi connectivity index (χ3v) is 12.1. The summed E-state index contributed by atoms with van der Waals surface area (Å²) >= 11 is 0. The molecule has 71 heavy (non-hydrogen) atoms. The molecule has 20 N–H and O–H groups in total. The maximum atomic E-state index is 13.1. The first-order chi connectivity index (χ1) is 33.3. The number of hydrogen-bond acceptors (Lipinski definition) is 28. The van der Waals surface area contributed by atoms with Gasteiger partial charge in [0.2, 0.25) is 17.7 Å². The van der Waals surface area contributed by atoms with Gasteiger partial charge < -0.3 is 141 Å². The minimum absolute atomic E-state index is 0.825. The summed E-state index contributed by atoms with van der Waals surface area (Å²) in [7, 11) is 0. The van der Waals surface area contributed by atoms with E-state index in [2.05, 4.69) is 16.0 Å². The van der Waals surface area contributed by atoms with Gasteiger partial charge in [-0.25, -0.2) is 4.79 Å². The smallest absolute Gasteiger partial charge is 0.364 e. The van der Waals surface area contributed by atoms with E-state index in [1.54, 1.807) is 0 Å². The first-order valence-electron chi connectivity index (χ1n) is 22.1. The molecular formula is C39H67N3O29. The highest BCUT2D eigenvalue weighted by Gasteiger charge is 2.59. The van der Waals surface area contributed by atoms with E-state index >= 15 is 0 Å². The molecule has 3 amide bonds. The van der Waals surface area contributed by atoms with E-state index in [9.17, 15) is 106 Å². The molecule has 0 aromatic heterocycles. The first-order valence-corrected chi connectivity index (χ1v) is 22.1. The Morgan fingerprint density at radius 1 is 0.592 bits per heavy atom. The molecule has 412 valence electrons. The molecule has 32 heteroatoms. The molecule has 4 aliphatic rings. The molecule has 4 aliphatic heterocycles. The fourth-order valence-electron chi connectivity index (χ4n) is 8.43. The summed E-state index contributed by atoms with van der Waals surface area (Å²) in [6.07, 6.45) is -44.4. The second kappa shape index (κ2) is 26.4. The second-order valence-corrected chi connectivity index (χ2v) is 17.4. The van der Waals surface area contributed by atoms with Crippen LogP contribution >= 0.6 is 0 Å². The number of carboxylic acids is 1. The fourth-order valence-corrected chi connectivity index (χ4v) is 8.43. The molecule has 4 heterocycles. The standard InChI is InChI=1S/C39H67N3O29/c1-11(48)40-21-14(51)4-39(38(62)63,71-33(21)25(56)16(53)6-44)64-10-20-32(69-35-22(41-12(2)49)28(59)26(57)18(8-46)65-35)29(60)23(42-13(3)50)36(67-20)70-34-27(58)19(9-47)66-37(30(34)61)68-31(17(54)7-45)24(55)15(52)5-43/h14-37,43-47,51-61H,4-10H2,1-3H3,(H,40,48)(H,41,49)(H,42,50)(H,62,63)/t14-,15-,16+,17+,18+,19+,20+,21+,22+,23+,24+,25+,26-,27-,28+,29+,30+,31+,32+,33+,34-,35-,36-,37-,39+/m0/s1. The number of rotatable bonds is 23. The summed E-state index contributed by atoms with van der Waals surface area (Å²) in [4.78, 5) is 50.3. The Labute approximate surface area is 402 Å². The van der Waals surface area contributed by atoms with Crippen LogP contribution in [0.4, 0.5) is 0 Å². The number of ether oxygens (including phenoxy) is 8. The summed E-state index contributed by atoms with van der Waals surface area (Å²) in [5.74, 6) is -7.76. The normalized spacial score (nSPS) is 40.3. The van der Waals surface area contributed by atoms with Crippen LogP contribution < -0.4 is 16.0 Å². The lowest BCUT2D eigenvalue weighted by Gasteiger charge is -2.51. The average molecular weight is 1040 g/mol. The number of aliphatic hydroxyl groups is 16. The van der Waals surface area contributed by atoms with Gasteiger partial charge in [-0.05, 0) is 0 Å². The van der Waals surface area contributed by atoms with Crippen molar-refractivity contribution in [2.45, 2.75) is 180 Å². The van der Waals surface area contributed by atoms with Crippen molar-refractivity contribution in [1.82, 2.24) is 16.0 Å². The molecule has 25 atom stereocenters. The van der Waals surface area contributed by atoms with Crippen LogP contribution in [-0.2, 0) is 57.1 Å². The molecule has 0 aliphatic carbocycles. The van der Waals surface area contributed by atoms with Gasteiger partial charge in [0.1, 0.15) is 116 Å². The van der Waals surface area contributed by atoms with Crippen molar-refractivity contribution in [2.75, 3.05) is 39.6 Å². The van der Waals surface area contributed by atoms with Crippen molar-refractivity contribution in [3.63, 3.8) is 0 Å². The Bertz CT molecular complexity index is 1730. The van der Waals surface area contributed by atoms with Crippen LogP contribution in [0.1, 0.15) is 27.2 Å². The fraction of sp³-hybridized carbons (Fsp3) is 0.897. The molecule has 0 saturated carbocycles.